The Bertz CT molecular complexity index is 882. The fourth-order valence-electron chi connectivity index (χ4n) is 5.08. The first-order chi connectivity index (χ1) is 15.7. The van der Waals surface area contributed by atoms with Crippen molar-refractivity contribution in [1.82, 2.24) is 14.7 Å². The van der Waals surface area contributed by atoms with E-state index in [4.69, 9.17) is 4.74 Å². The van der Waals surface area contributed by atoms with E-state index in [9.17, 15) is 9.59 Å². The Balaban J connectivity index is 1.21. The molecule has 2 aromatic carbocycles. The zero-order valence-corrected chi connectivity index (χ0v) is 18.4. The molecule has 5 rings (SSSR count). The fourth-order valence-corrected chi connectivity index (χ4v) is 5.08. The summed E-state index contributed by atoms with van der Waals surface area (Å²) in [5.74, 6) is 0.0432. The Morgan fingerprint density at radius 2 is 1.16 bits per heavy atom. The standard InChI is InChI=1S/C26H31N3O3/c30-25(22-19-23(22)26(31)29-15-17-32-18-16-29)28-13-11-27(12-14-28)24(20-7-3-1-4-8-20)21-9-5-2-6-10-21/h1-10,22-24H,11-19H2/t22-,23-/m0/s1. The van der Waals surface area contributed by atoms with Gasteiger partial charge in [0.1, 0.15) is 0 Å². The van der Waals surface area contributed by atoms with Gasteiger partial charge in [0.05, 0.1) is 31.1 Å². The number of morpholine rings is 1. The molecule has 2 amide bonds. The monoisotopic (exact) mass is 433 g/mol. The second-order valence-corrected chi connectivity index (χ2v) is 8.97. The summed E-state index contributed by atoms with van der Waals surface area (Å²) in [5.41, 5.74) is 2.55. The van der Waals surface area contributed by atoms with Crippen molar-refractivity contribution in [2.75, 3.05) is 52.5 Å². The lowest BCUT2D eigenvalue weighted by Crippen LogP contribution is -2.50. The molecular formula is C26H31N3O3. The molecule has 0 unspecified atom stereocenters. The van der Waals surface area contributed by atoms with E-state index >= 15 is 0 Å². The molecule has 1 saturated carbocycles. The first-order valence-electron chi connectivity index (χ1n) is 11.7. The average Bonchev–Trinajstić information content (AvgIpc) is 3.67. The highest BCUT2D eigenvalue weighted by atomic mass is 16.5. The Morgan fingerprint density at radius 3 is 1.66 bits per heavy atom. The van der Waals surface area contributed by atoms with E-state index in [2.05, 4.69) is 53.4 Å². The van der Waals surface area contributed by atoms with Crippen LogP contribution in [0.15, 0.2) is 60.7 Å². The number of piperazine rings is 1. The maximum Gasteiger partial charge on any atom is 0.226 e. The average molecular weight is 434 g/mol. The summed E-state index contributed by atoms with van der Waals surface area (Å²) < 4.78 is 5.34. The smallest absolute Gasteiger partial charge is 0.226 e. The SMILES string of the molecule is O=C([C@H]1C[C@@H]1C(=O)N1CCN(C(c2ccccc2)c2ccccc2)CC1)N1CCOCC1. The lowest BCUT2D eigenvalue weighted by atomic mass is 9.96. The van der Waals surface area contributed by atoms with Crippen LogP contribution in [0.5, 0.6) is 0 Å². The number of carbonyl (C=O) groups excluding carboxylic acids is 2. The Hall–Kier alpha value is -2.70. The van der Waals surface area contributed by atoms with Crippen molar-refractivity contribution < 1.29 is 14.3 Å². The van der Waals surface area contributed by atoms with Crippen LogP contribution in [0.4, 0.5) is 0 Å². The Kier molecular flexibility index (Phi) is 6.23. The van der Waals surface area contributed by atoms with Gasteiger partial charge >= 0.3 is 0 Å². The summed E-state index contributed by atoms with van der Waals surface area (Å²) in [4.78, 5) is 32.1. The van der Waals surface area contributed by atoms with E-state index < -0.39 is 0 Å². The molecular weight excluding hydrogens is 402 g/mol. The minimum Gasteiger partial charge on any atom is -0.378 e. The normalized spacial score (nSPS) is 23.9. The zero-order valence-electron chi connectivity index (χ0n) is 18.4. The highest BCUT2D eigenvalue weighted by molar-refractivity contribution is 5.92. The number of benzene rings is 2. The van der Waals surface area contributed by atoms with Gasteiger partial charge in [-0.05, 0) is 17.5 Å². The maximum absolute atomic E-state index is 13.1. The van der Waals surface area contributed by atoms with Gasteiger partial charge in [-0.3, -0.25) is 14.5 Å². The van der Waals surface area contributed by atoms with E-state index in [-0.39, 0.29) is 29.7 Å². The molecule has 3 aliphatic rings. The minimum atomic E-state index is -0.129. The first-order valence-corrected chi connectivity index (χ1v) is 11.7. The third-order valence-corrected chi connectivity index (χ3v) is 6.97. The van der Waals surface area contributed by atoms with Crippen LogP contribution >= 0.6 is 0 Å². The number of nitrogens with zero attached hydrogens (tertiary/aromatic N) is 3. The molecule has 2 aromatic rings. The van der Waals surface area contributed by atoms with Crippen molar-refractivity contribution in [3.63, 3.8) is 0 Å². The van der Waals surface area contributed by atoms with E-state index in [1.807, 2.05) is 21.9 Å². The lowest BCUT2D eigenvalue weighted by molar-refractivity contribution is -0.141. The molecule has 168 valence electrons. The van der Waals surface area contributed by atoms with Gasteiger partial charge in [0.15, 0.2) is 0 Å². The van der Waals surface area contributed by atoms with Crippen LogP contribution < -0.4 is 0 Å². The summed E-state index contributed by atoms with van der Waals surface area (Å²) in [6.07, 6.45) is 0.700. The third kappa shape index (κ3) is 4.43. The largest absolute Gasteiger partial charge is 0.378 e. The minimum absolute atomic E-state index is 0.125. The number of ether oxygens (including phenoxy) is 1. The van der Waals surface area contributed by atoms with Gasteiger partial charge in [0, 0.05) is 39.3 Å². The van der Waals surface area contributed by atoms with Crippen LogP contribution in [0.2, 0.25) is 0 Å². The Morgan fingerprint density at radius 1 is 0.688 bits per heavy atom. The van der Waals surface area contributed by atoms with Crippen molar-refractivity contribution in [2.24, 2.45) is 11.8 Å². The highest BCUT2D eigenvalue weighted by Gasteiger charge is 2.51. The molecule has 2 heterocycles. The van der Waals surface area contributed by atoms with Gasteiger partial charge in [-0.1, -0.05) is 60.7 Å². The van der Waals surface area contributed by atoms with E-state index in [1.165, 1.54) is 11.1 Å². The summed E-state index contributed by atoms with van der Waals surface area (Å²) in [5, 5.41) is 0. The molecule has 0 N–H and O–H groups in total. The second kappa shape index (κ2) is 9.43. The summed E-state index contributed by atoms with van der Waals surface area (Å²) in [6.45, 7) is 5.58. The predicted molar refractivity (Wildman–Crippen MR) is 122 cm³/mol. The number of hydrogen-bond acceptors (Lipinski definition) is 4. The molecule has 3 fully saturated rings. The summed E-state index contributed by atoms with van der Waals surface area (Å²) in [7, 11) is 0. The van der Waals surface area contributed by atoms with Crippen LogP contribution in [0.3, 0.4) is 0 Å². The maximum atomic E-state index is 13.1. The quantitative estimate of drug-likeness (QED) is 0.727. The van der Waals surface area contributed by atoms with Gasteiger partial charge in [-0.15, -0.1) is 0 Å². The Labute approximate surface area is 189 Å². The molecule has 2 saturated heterocycles. The predicted octanol–water partition coefficient (Wildman–Crippen LogP) is 2.42. The van der Waals surface area contributed by atoms with Crippen molar-refractivity contribution in [1.29, 1.82) is 0 Å². The lowest BCUT2D eigenvalue weighted by Gasteiger charge is -2.40. The summed E-state index contributed by atoms with van der Waals surface area (Å²) >= 11 is 0. The molecule has 1 aliphatic carbocycles. The number of hydrogen-bond donors (Lipinski definition) is 0. The molecule has 0 aromatic heterocycles. The molecule has 2 aliphatic heterocycles. The summed E-state index contributed by atoms with van der Waals surface area (Å²) in [6, 6.07) is 21.4. The fraction of sp³-hybridized carbons (Fsp3) is 0.462. The van der Waals surface area contributed by atoms with Crippen LogP contribution in [0, 0.1) is 11.8 Å². The molecule has 32 heavy (non-hydrogen) atoms. The van der Waals surface area contributed by atoms with Crippen LogP contribution in [0.1, 0.15) is 23.6 Å². The van der Waals surface area contributed by atoms with E-state index in [0.29, 0.717) is 45.8 Å². The van der Waals surface area contributed by atoms with Gasteiger partial charge in [0.2, 0.25) is 11.8 Å². The van der Waals surface area contributed by atoms with E-state index in [1.54, 1.807) is 0 Å². The molecule has 6 heteroatoms. The number of amides is 2. The van der Waals surface area contributed by atoms with Crippen LogP contribution in [-0.4, -0.2) is 79.0 Å². The van der Waals surface area contributed by atoms with Gasteiger partial charge < -0.3 is 14.5 Å². The molecule has 0 radical (unpaired) electrons. The molecule has 6 nitrogen and oxygen atoms in total. The van der Waals surface area contributed by atoms with Gasteiger partial charge in [-0.2, -0.15) is 0 Å². The van der Waals surface area contributed by atoms with Gasteiger partial charge in [-0.25, -0.2) is 0 Å². The van der Waals surface area contributed by atoms with E-state index in [0.717, 1.165) is 13.1 Å². The van der Waals surface area contributed by atoms with Crippen molar-refractivity contribution in [2.45, 2.75) is 12.5 Å². The van der Waals surface area contributed by atoms with Crippen LogP contribution in [0.25, 0.3) is 0 Å². The second-order valence-electron chi connectivity index (χ2n) is 8.97. The first kappa shape index (κ1) is 21.2. The van der Waals surface area contributed by atoms with Crippen molar-refractivity contribution in [3.8, 4) is 0 Å². The number of rotatable bonds is 5. The van der Waals surface area contributed by atoms with Gasteiger partial charge in [0.25, 0.3) is 0 Å². The molecule has 0 bridgehead atoms. The topological polar surface area (TPSA) is 53.1 Å². The molecule has 2 atom stereocenters. The zero-order chi connectivity index (χ0) is 21.9. The molecule has 0 spiro atoms. The third-order valence-electron chi connectivity index (χ3n) is 6.97. The number of carbonyl (C=O) groups is 2. The van der Waals surface area contributed by atoms with Crippen molar-refractivity contribution >= 4 is 11.8 Å². The van der Waals surface area contributed by atoms with Crippen molar-refractivity contribution in [3.05, 3.63) is 71.8 Å². The van der Waals surface area contributed by atoms with Crippen LogP contribution in [-0.2, 0) is 14.3 Å². The highest BCUT2D eigenvalue weighted by Crippen LogP contribution is 2.42.